The Bertz CT molecular complexity index is 390. The molecule has 1 unspecified atom stereocenters. The van der Waals surface area contributed by atoms with Crippen molar-refractivity contribution in [3.63, 3.8) is 0 Å². The molecule has 1 N–H and O–H groups in total. The fraction of sp³-hybridized carbons (Fsp3) is 0.846. The van der Waals surface area contributed by atoms with Crippen molar-refractivity contribution in [2.45, 2.75) is 58.3 Å². The summed E-state index contributed by atoms with van der Waals surface area (Å²) in [4.78, 5) is 25.3. The number of halogens is 3. The van der Waals surface area contributed by atoms with Gasteiger partial charge in [-0.15, -0.1) is 0 Å². The quantitative estimate of drug-likeness (QED) is 0.863. The zero-order chi connectivity index (χ0) is 15.7. The highest BCUT2D eigenvalue weighted by atomic mass is 19.4. The van der Waals surface area contributed by atoms with E-state index < -0.39 is 36.1 Å². The first-order chi connectivity index (χ1) is 9.08. The van der Waals surface area contributed by atoms with Crippen LogP contribution in [0.4, 0.5) is 13.2 Å². The summed E-state index contributed by atoms with van der Waals surface area (Å²) in [5.74, 6) is -1.53. The van der Waals surface area contributed by atoms with Gasteiger partial charge in [-0.25, -0.2) is 0 Å². The summed E-state index contributed by atoms with van der Waals surface area (Å²) in [5, 5.41) is 2.63. The number of carbonyl (C=O) groups excluding carboxylic acids is 2. The molecule has 2 amide bonds. The number of piperazine rings is 1. The molecule has 7 heteroatoms. The molecule has 20 heavy (non-hydrogen) atoms. The Labute approximate surface area is 116 Å². The molecular formula is C13H21F3N2O2. The Kier molecular flexibility index (Phi) is 4.71. The lowest BCUT2D eigenvalue weighted by Gasteiger charge is -2.46. The highest BCUT2D eigenvalue weighted by Gasteiger charge is 2.52. The van der Waals surface area contributed by atoms with Gasteiger partial charge in [-0.2, -0.15) is 13.2 Å². The second-order valence-corrected chi connectivity index (χ2v) is 5.52. The van der Waals surface area contributed by atoms with Crippen LogP contribution in [0.15, 0.2) is 0 Å². The zero-order valence-electron chi connectivity index (χ0n) is 12.2. The van der Waals surface area contributed by atoms with Crippen molar-refractivity contribution in [2.75, 3.05) is 6.54 Å². The van der Waals surface area contributed by atoms with E-state index in [9.17, 15) is 22.8 Å². The van der Waals surface area contributed by atoms with Crippen LogP contribution < -0.4 is 5.32 Å². The van der Waals surface area contributed by atoms with Gasteiger partial charge in [0.05, 0.1) is 0 Å². The van der Waals surface area contributed by atoms with Crippen LogP contribution in [-0.2, 0) is 9.59 Å². The summed E-state index contributed by atoms with van der Waals surface area (Å²) < 4.78 is 38.1. The second-order valence-electron chi connectivity index (χ2n) is 5.52. The molecule has 0 aromatic rings. The molecule has 4 nitrogen and oxygen atoms in total. The number of nitrogens with zero attached hydrogens (tertiary/aromatic N) is 1. The molecule has 1 rings (SSSR count). The molecule has 0 saturated carbocycles. The van der Waals surface area contributed by atoms with Crippen LogP contribution in [-0.4, -0.2) is 41.0 Å². The third-order valence-electron chi connectivity index (χ3n) is 3.83. The number of hydrogen-bond donors (Lipinski definition) is 1. The first-order valence-corrected chi connectivity index (χ1v) is 6.77. The summed E-state index contributed by atoms with van der Waals surface area (Å²) in [6, 6.07) is -1.07. The molecule has 1 fully saturated rings. The van der Waals surface area contributed by atoms with Crippen molar-refractivity contribution in [3.05, 3.63) is 0 Å². The Morgan fingerprint density at radius 1 is 1.25 bits per heavy atom. The van der Waals surface area contributed by atoms with Crippen molar-refractivity contribution >= 4 is 11.8 Å². The Hall–Kier alpha value is -1.27. The first kappa shape index (κ1) is 16.8. The lowest BCUT2D eigenvalue weighted by molar-refractivity contribution is -0.180. The van der Waals surface area contributed by atoms with Crippen molar-refractivity contribution in [1.82, 2.24) is 10.2 Å². The Morgan fingerprint density at radius 3 is 2.10 bits per heavy atom. The molecule has 0 aromatic carbocycles. The topological polar surface area (TPSA) is 49.4 Å². The van der Waals surface area contributed by atoms with Gasteiger partial charge in [-0.1, -0.05) is 27.7 Å². The second kappa shape index (κ2) is 5.61. The van der Waals surface area contributed by atoms with Gasteiger partial charge in [0.15, 0.2) is 0 Å². The van der Waals surface area contributed by atoms with E-state index in [-0.39, 0.29) is 18.8 Å². The van der Waals surface area contributed by atoms with Crippen molar-refractivity contribution in [1.29, 1.82) is 0 Å². The van der Waals surface area contributed by atoms with Gasteiger partial charge in [0, 0.05) is 0 Å². The highest BCUT2D eigenvalue weighted by molar-refractivity contribution is 6.00. The molecule has 116 valence electrons. The monoisotopic (exact) mass is 294 g/mol. The summed E-state index contributed by atoms with van der Waals surface area (Å²) in [6.45, 7) is 5.24. The van der Waals surface area contributed by atoms with Crippen LogP contribution in [0.25, 0.3) is 0 Å². The Morgan fingerprint density at radius 2 is 1.75 bits per heavy atom. The molecule has 0 bridgehead atoms. The molecule has 1 aliphatic rings. The maximum atomic E-state index is 12.7. The SMILES string of the molecule is CCC1(CC)NC(=O)C(C(C)C)N(CC(F)(F)F)C1=O. The first-order valence-electron chi connectivity index (χ1n) is 6.77. The van der Waals surface area contributed by atoms with Crippen LogP contribution in [0, 0.1) is 5.92 Å². The molecule has 0 aliphatic carbocycles. The normalized spacial score (nSPS) is 23.2. The van der Waals surface area contributed by atoms with Gasteiger partial charge in [0.25, 0.3) is 0 Å². The van der Waals surface area contributed by atoms with Gasteiger partial charge in [-0.3, -0.25) is 9.59 Å². The van der Waals surface area contributed by atoms with Crippen LogP contribution in [0.2, 0.25) is 0 Å². The molecular weight excluding hydrogens is 273 g/mol. The maximum absolute atomic E-state index is 12.7. The minimum Gasteiger partial charge on any atom is -0.340 e. The summed E-state index contributed by atoms with van der Waals surface area (Å²) in [7, 11) is 0. The average Bonchev–Trinajstić information content (AvgIpc) is 2.31. The predicted molar refractivity (Wildman–Crippen MR) is 67.8 cm³/mol. The molecule has 0 aromatic heterocycles. The van der Waals surface area contributed by atoms with Gasteiger partial charge in [0.2, 0.25) is 11.8 Å². The van der Waals surface area contributed by atoms with Crippen LogP contribution in [0.3, 0.4) is 0 Å². The number of amides is 2. The highest BCUT2D eigenvalue weighted by Crippen LogP contribution is 2.30. The smallest absolute Gasteiger partial charge is 0.340 e. The molecule has 1 atom stereocenters. The van der Waals surface area contributed by atoms with Gasteiger partial charge < -0.3 is 10.2 Å². The van der Waals surface area contributed by atoms with Crippen LogP contribution in [0.5, 0.6) is 0 Å². The lowest BCUT2D eigenvalue weighted by atomic mass is 9.85. The fourth-order valence-corrected chi connectivity index (χ4v) is 2.66. The van der Waals surface area contributed by atoms with E-state index in [4.69, 9.17) is 0 Å². The molecule has 1 heterocycles. The predicted octanol–water partition coefficient (Wildman–Crippen LogP) is 2.09. The average molecular weight is 294 g/mol. The molecule has 1 aliphatic heterocycles. The third-order valence-corrected chi connectivity index (χ3v) is 3.83. The van der Waals surface area contributed by atoms with Gasteiger partial charge in [0.1, 0.15) is 18.1 Å². The number of alkyl halides is 3. The maximum Gasteiger partial charge on any atom is 0.406 e. The molecule has 0 radical (unpaired) electrons. The van der Waals surface area contributed by atoms with Gasteiger partial charge >= 0.3 is 6.18 Å². The zero-order valence-corrected chi connectivity index (χ0v) is 12.2. The van der Waals surface area contributed by atoms with Crippen molar-refractivity contribution < 1.29 is 22.8 Å². The summed E-state index contributed by atoms with van der Waals surface area (Å²) in [5.41, 5.74) is -1.21. The number of rotatable bonds is 4. The minimum absolute atomic E-state index is 0.271. The Balaban J connectivity index is 3.21. The van der Waals surface area contributed by atoms with E-state index in [2.05, 4.69) is 5.32 Å². The van der Waals surface area contributed by atoms with E-state index in [1.807, 2.05) is 0 Å². The summed E-state index contributed by atoms with van der Waals surface area (Å²) in [6.07, 6.45) is -3.98. The van der Waals surface area contributed by atoms with Crippen LogP contribution >= 0.6 is 0 Å². The number of carbonyl (C=O) groups is 2. The van der Waals surface area contributed by atoms with E-state index in [0.717, 1.165) is 0 Å². The number of hydrogen-bond acceptors (Lipinski definition) is 2. The van der Waals surface area contributed by atoms with Crippen LogP contribution in [0.1, 0.15) is 40.5 Å². The van der Waals surface area contributed by atoms with E-state index in [1.165, 1.54) is 0 Å². The van der Waals surface area contributed by atoms with Gasteiger partial charge in [-0.05, 0) is 18.8 Å². The standard InChI is InChI=1S/C13H21F3N2O2/c1-5-12(6-2)11(20)18(7-13(14,15)16)9(8(3)4)10(19)17-12/h8-9H,5-7H2,1-4H3,(H,17,19). The van der Waals surface area contributed by atoms with Crippen molar-refractivity contribution in [2.24, 2.45) is 5.92 Å². The van der Waals surface area contributed by atoms with Crippen molar-refractivity contribution in [3.8, 4) is 0 Å². The third kappa shape index (κ3) is 3.07. The van der Waals surface area contributed by atoms with E-state index in [0.29, 0.717) is 4.90 Å². The largest absolute Gasteiger partial charge is 0.406 e. The molecule has 1 saturated heterocycles. The van der Waals surface area contributed by atoms with E-state index in [1.54, 1.807) is 27.7 Å². The molecule has 0 spiro atoms. The lowest BCUT2D eigenvalue weighted by Crippen LogP contribution is -2.71. The van der Waals surface area contributed by atoms with E-state index >= 15 is 0 Å². The number of nitrogens with one attached hydrogen (secondary N) is 1. The summed E-state index contributed by atoms with van der Waals surface area (Å²) >= 11 is 0. The minimum atomic E-state index is -4.52. The fourth-order valence-electron chi connectivity index (χ4n) is 2.66.